The van der Waals surface area contributed by atoms with Crippen molar-refractivity contribution in [1.82, 2.24) is 9.55 Å². The Kier molecular flexibility index (Phi) is 6.88. The van der Waals surface area contributed by atoms with E-state index in [4.69, 9.17) is 23.0 Å². The van der Waals surface area contributed by atoms with Crippen molar-refractivity contribution in [3.8, 4) is 0 Å². The molecular weight excluding hydrogens is 474 g/mol. The summed E-state index contributed by atoms with van der Waals surface area (Å²) in [6, 6.07) is 6.43. The number of rotatable bonds is 6. The van der Waals surface area contributed by atoms with E-state index in [1.807, 2.05) is 0 Å². The van der Waals surface area contributed by atoms with Crippen LogP contribution in [0.1, 0.15) is 41.6 Å². The largest absolute Gasteiger partial charge is 0.475 e. The molecule has 0 amide bonds. The average Bonchev–Trinajstić information content (AvgIpc) is 3.10. The highest BCUT2D eigenvalue weighted by Crippen LogP contribution is 2.57. The summed E-state index contributed by atoms with van der Waals surface area (Å²) in [5.74, 6) is -0.574. The van der Waals surface area contributed by atoms with Crippen molar-refractivity contribution in [1.29, 1.82) is 0 Å². The number of aryl methyl sites for hydroxylation is 1. The number of aromatic nitrogens is 2. The molecule has 1 aromatic heterocycles. The lowest BCUT2D eigenvalue weighted by molar-refractivity contribution is -0.0731. The molecule has 0 aliphatic carbocycles. The number of ether oxygens (including phenoxy) is 2. The van der Waals surface area contributed by atoms with Gasteiger partial charge in [0.25, 0.3) is 5.56 Å². The number of halogens is 1. The summed E-state index contributed by atoms with van der Waals surface area (Å²) in [6.07, 6.45) is -4.78. The van der Waals surface area contributed by atoms with Crippen LogP contribution < -0.4 is 11.2 Å². The number of aromatic amines is 1. The first-order valence-corrected chi connectivity index (χ1v) is 12.0. The van der Waals surface area contributed by atoms with Crippen molar-refractivity contribution in [2.75, 3.05) is 6.61 Å². The number of esters is 1. The van der Waals surface area contributed by atoms with Crippen molar-refractivity contribution in [2.24, 2.45) is 0 Å². The molecule has 4 rings (SSSR count). The molecular formula is C21H24FN2O9P. The van der Waals surface area contributed by atoms with Crippen molar-refractivity contribution in [3.05, 3.63) is 68.0 Å². The molecule has 184 valence electrons. The predicted octanol–water partition coefficient (Wildman–Crippen LogP) is 2.39. The third-order valence-electron chi connectivity index (χ3n) is 5.29. The van der Waals surface area contributed by atoms with Gasteiger partial charge in [-0.05, 0) is 32.4 Å². The minimum atomic E-state index is -4.23. The van der Waals surface area contributed by atoms with Gasteiger partial charge in [-0.1, -0.05) is 18.2 Å². The summed E-state index contributed by atoms with van der Waals surface area (Å²) >= 11 is 0. The van der Waals surface area contributed by atoms with E-state index in [0.29, 0.717) is 5.56 Å². The summed E-state index contributed by atoms with van der Waals surface area (Å²) < 4.78 is 55.9. The first-order valence-electron chi connectivity index (χ1n) is 10.6. The topological polar surface area (TPSA) is 135 Å². The summed E-state index contributed by atoms with van der Waals surface area (Å²) in [5, 5.41) is 0. The van der Waals surface area contributed by atoms with E-state index in [0.717, 1.165) is 4.57 Å². The third-order valence-corrected chi connectivity index (χ3v) is 6.71. The van der Waals surface area contributed by atoms with Crippen LogP contribution in [0.15, 0.2) is 40.1 Å². The monoisotopic (exact) mass is 498 g/mol. The second-order valence-electron chi connectivity index (χ2n) is 8.19. The highest BCUT2D eigenvalue weighted by atomic mass is 31.2. The van der Waals surface area contributed by atoms with E-state index in [9.17, 15) is 18.9 Å². The van der Waals surface area contributed by atoms with E-state index >= 15 is 4.39 Å². The Morgan fingerprint density at radius 1 is 1.32 bits per heavy atom. The predicted molar refractivity (Wildman–Crippen MR) is 115 cm³/mol. The molecule has 34 heavy (non-hydrogen) atoms. The van der Waals surface area contributed by atoms with E-state index < -0.39 is 49.6 Å². The molecule has 1 N–H and O–H groups in total. The number of phosphoric ester groups is 1. The van der Waals surface area contributed by atoms with Gasteiger partial charge >= 0.3 is 19.5 Å². The molecule has 2 aromatic rings. The summed E-state index contributed by atoms with van der Waals surface area (Å²) in [6.45, 7) is 4.25. The van der Waals surface area contributed by atoms with Gasteiger partial charge in [-0.25, -0.2) is 18.5 Å². The number of hydrogen-bond acceptors (Lipinski definition) is 9. The van der Waals surface area contributed by atoms with Crippen LogP contribution in [-0.4, -0.2) is 46.6 Å². The Bertz CT molecular complexity index is 1240. The first-order chi connectivity index (χ1) is 16.1. The zero-order chi connectivity index (χ0) is 24.6. The van der Waals surface area contributed by atoms with Crippen molar-refractivity contribution in [3.63, 3.8) is 0 Å². The molecule has 2 saturated heterocycles. The Balaban J connectivity index is 1.48. The average molecular weight is 498 g/mol. The van der Waals surface area contributed by atoms with Crippen LogP contribution in [0.5, 0.6) is 0 Å². The lowest BCUT2D eigenvalue weighted by Crippen LogP contribution is -2.39. The second-order valence-corrected chi connectivity index (χ2v) is 9.81. The standard InChI is InChI=1S/C21H24FN2O9P/c1-11(2)31-20(26)14-7-5-4-6-13(14)9-29-34(28)30-10-15-17(33-34)16(22)19(32-15)24-8-12(3)18(25)23-21(24)27/h4-8,11,15-17,19H,9-10H2,1-3H3,(H,23,25,27)/t15-,16+,17-,19-,34?/m0/s1. The highest BCUT2D eigenvalue weighted by molar-refractivity contribution is 7.48. The molecule has 2 aliphatic heterocycles. The number of hydrogen-bond donors (Lipinski definition) is 1. The zero-order valence-corrected chi connectivity index (χ0v) is 19.5. The molecule has 3 heterocycles. The third kappa shape index (κ3) is 4.91. The highest BCUT2D eigenvalue weighted by Gasteiger charge is 2.54. The fraction of sp³-hybridized carbons (Fsp3) is 0.476. The molecule has 5 atom stereocenters. The van der Waals surface area contributed by atoms with Crippen LogP contribution in [0.4, 0.5) is 4.39 Å². The number of H-pyrrole nitrogens is 1. The van der Waals surface area contributed by atoms with Gasteiger partial charge in [0.15, 0.2) is 12.4 Å². The molecule has 0 saturated carbocycles. The van der Waals surface area contributed by atoms with Gasteiger partial charge in [-0.15, -0.1) is 0 Å². The fourth-order valence-corrected chi connectivity index (χ4v) is 5.01. The maximum absolute atomic E-state index is 15.2. The molecule has 1 aromatic carbocycles. The molecule has 0 spiro atoms. The Morgan fingerprint density at radius 2 is 2.06 bits per heavy atom. The summed E-state index contributed by atoms with van der Waals surface area (Å²) in [5.41, 5.74) is -0.663. The second kappa shape index (κ2) is 9.55. The van der Waals surface area contributed by atoms with Crippen molar-refractivity contribution >= 4 is 13.8 Å². The lowest BCUT2D eigenvalue weighted by Gasteiger charge is -2.30. The van der Waals surface area contributed by atoms with Gasteiger partial charge in [-0.2, -0.15) is 0 Å². The van der Waals surface area contributed by atoms with E-state index in [1.165, 1.54) is 19.2 Å². The van der Waals surface area contributed by atoms with Crippen molar-refractivity contribution in [2.45, 2.75) is 58.1 Å². The van der Waals surface area contributed by atoms with E-state index in [1.54, 1.807) is 32.0 Å². The normalized spacial score (nSPS) is 28.6. The van der Waals surface area contributed by atoms with Crippen LogP contribution >= 0.6 is 7.82 Å². The van der Waals surface area contributed by atoms with Crippen LogP contribution in [0.25, 0.3) is 0 Å². The van der Waals surface area contributed by atoms with E-state index in [-0.39, 0.29) is 30.4 Å². The number of nitrogens with zero attached hydrogens (tertiary/aromatic N) is 1. The molecule has 2 aliphatic rings. The van der Waals surface area contributed by atoms with Crippen LogP contribution in [0.2, 0.25) is 0 Å². The minimum absolute atomic E-state index is 0.186. The van der Waals surface area contributed by atoms with Gasteiger partial charge in [0.05, 0.1) is 24.9 Å². The Labute approximate surface area is 193 Å². The molecule has 1 unspecified atom stereocenters. The molecule has 11 nitrogen and oxygen atoms in total. The Hall–Kier alpha value is -2.63. The maximum Gasteiger partial charge on any atom is 0.475 e. The van der Waals surface area contributed by atoms with Gasteiger partial charge < -0.3 is 9.47 Å². The quantitative estimate of drug-likeness (QED) is 0.470. The number of carbonyl (C=O) groups excluding carboxylic acids is 1. The molecule has 13 heteroatoms. The number of phosphoric acid groups is 1. The zero-order valence-electron chi connectivity index (χ0n) is 18.6. The van der Waals surface area contributed by atoms with Gasteiger partial charge in [0, 0.05) is 11.8 Å². The molecule has 2 fully saturated rings. The maximum atomic E-state index is 15.2. The lowest BCUT2D eigenvalue weighted by atomic mass is 10.1. The van der Waals surface area contributed by atoms with E-state index in [2.05, 4.69) is 4.98 Å². The van der Waals surface area contributed by atoms with Gasteiger partial charge in [0.2, 0.25) is 0 Å². The van der Waals surface area contributed by atoms with Crippen molar-refractivity contribution < 1.29 is 36.8 Å². The first kappa shape index (κ1) is 24.5. The fourth-order valence-electron chi connectivity index (χ4n) is 3.64. The van der Waals surface area contributed by atoms with Crippen LogP contribution in [0.3, 0.4) is 0 Å². The Morgan fingerprint density at radius 3 is 2.79 bits per heavy atom. The number of nitrogens with one attached hydrogen (secondary N) is 1. The SMILES string of the molecule is Cc1cn([C@H]2O[C@H]3COP(=O)(OCc4ccccc4C(=O)OC(C)C)O[C@@H]3[C@H]2F)c(=O)[nH]c1=O. The van der Waals surface area contributed by atoms with Crippen LogP contribution in [0, 0.1) is 6.92 Å². The molecule has 0 radical (unpaired) electrons. The van der Waals surface area contributed by atoms with Gasteiger partial charge in [0.1, 0.15) is 12.2 Å². The number of fused-ring (bicyclic) bond motifs is 1. The number of alkyl halides is 1. The molecule has 0 bridgehead atoms. The smallest absolute Gasteiger partial charge is 0.459 e. The summed E-state index contributed by atoms with van der Waals surface area (Å²) in [7, 11) is -4.23. The number of benzene rings is 1. The minimum Gasteiger partial charge on any atom is -0.459 e. The van der Waals surface area contributed by atoms with Crippen LogP contribution in [-0.2, 0) is 34.2 Å². The number of carbonyl (C=O) groups is 1. The summed E-state index contributed by atoms with van der Waals surface area (Å²) in [4.78, 5) is 38.1. The van der Waals surface area contributed by atoms with Gasteiger partial charge in [-0.3, -0.25) is 27.9 Å².